The Labute approximate surface area is 99.6 Å². The van der Waals surface area contributed by atoms with E-state index in [2.05, 4.69) is 4.74 Å². The van der Waals surface area contributed by atoms with Crippen molar-refractivity contribution in [3.63, 3.8) is 0 Å². The summed E-state index contributed by atoms with van der Waals surface area (Å²) in [7, 11) is -1.93. The third-order valence-electron chi connectivity index (χ3n) is 1.93. The quantitative estimate of drug-likeness (QED) is 0.666. The minimum Gasteiger partial charge on any atom is -0.483 e. The van der Waals surface area contributed by atoms with Gasteiger partial charge in [0.1, 0.15) is 11.3 Å². The number of carbonyl (C=O) groups is 1. The Kier molecular flexibility index (Phi) is 4.20. The van der Waals surface area contributed by atoms with Crippen molar-refractivity contribution < 1.29 is 37.9 Å². The van der Waals surface area contributed by atoms with Gasteiger partial charge in [-0.25, -0.2) is 4.79 Å². The monoisotopic (exact) mass is 264 g/mol. The van der Waals surface area contributed by atoms with Gasteiger partial charge in [0.15, 0.2) is 6.61 Å². The standard InChI is InChI=1S/C9H8BF3O5/c11-9(12,13)4-18-7-3-5(10(16)17)1-2-6(7)8(14)15/h1-3,16-17H,4H2,(H,14,15). The number of aromatic carboxylic acids is 1. The van der Waals surface area contributed by atoms with Gasteiger partial charge >= 0.3 is 19.3 Å². The minimum atomic E-state index is -4.62. The van der Waals surface area contributed by atoms with Crippen molar-refractivity contribution in [2.24, 2.45) is 0 Å². The largest absolute Gasteiger partial charge is 0.488 e. The molecule has 0 aliphatic rings. The van der Waals surface area contributed by atoms with E-state index in [0.717, 1.165) is 18.2 Å². The summed E-state index contributed by atoms with van der Waals surface area (Å²) in [6.45, 7) is -1.67. The van der Waals surface area contributed by atoms with Crippen LogP contribution in [0.15, 0.2) is 18.2 Å². The highest BCUT2D eigenvalue weighted by molar-refractivity contribution is 6.58. The highest BCUT2D eigenvalue weighted by atomic mass is 19.4. The third-order valence-corrected chi connectivity index (χ3v) is 1.93. The highest BCUT2D eigenvalue weighted by Gasteiger charge is 2.29. The minimum absolute atomic E-state index is 0.169. The highest BCUT2D eigenvalue weighted by Crippen LogP contribution is 2.21. The van der Waals surface area contributed by atoms with Gasteiger partial charge in [-0.05, 0) is 17.6 Å². The first-order valence-electron chi connectivity index (χ1n) is 4.63. The Morgan fingerprint density at radius 2 is 1.94 bits per heavy atom. The summed E-state index contributed by atoms with van der Waals surface area (Å²) in [5.41, 5.74) is -0.666. The molecule has 0 aliphatic carbocycles. The maximum absolute atomic E-state index is 12.0. The predicted octanol–water partition coefficient (Wildman–Crippen LogP) is 0.00570. The molecule has 18 heavy (non-hydrogen) atoms. The predicted molar refractivity (Wildman–Crippen MR) is 54.8 cm³/mol. The van der Waals surface area contributed by atoms with Crippen LogP contribution in [0.1, 0.15) is 10.4 Å². The number of alkyl halides is 3. The SMILES string of the molecule is O=C(O)c1ccc(B(O)O)cc1OCC(F)(F)F. The van der Waals surface area contributed by atoms with Crippen LogP contribution in [0, 0.1) is 0 Å². The fourth-order valence-corrected chi connectivity index (χ4v) is 1.16. The zero-order valence-electron chi connectivity index (χ0n) is 8.81. The molecule has 9 heteroatoms. The Hall–Kier alpha value is -1.74. The third kappa shape index (κ3) is 3.93. The van der Waals surface area contributed by atoms with E-state index in [9.17, 15) is 18.0 Å². The molecule has 1 aromatic rings. The number of benzene rings is 1. The number of ether oxygens (including phenoxy) is 1. The topological polar surface area (TPSA) is 87.0 Å². The first-order chi connectivity index (χ1) is 8.20. The maximum atomic E-state index is 12.0. The van der Waals surface area contributed by atoms with E-state index in [-0.39, 0.29) is 5.46 Å². The molecule has 1 rings (SSSR count). The fraction of sp³-hybridized carbons (Fsp3) is 0.222. The van der Waals surface area contributed by atoms with Crippen molar-refractivity contribution >= 4 is 18.6 Å². The summed E-state index contributed by atoms with van der Waals surface area (Å²) in [6.07, 6.45) is -4.62. The number of carboxylic acid groups (broad SMARTS) is 1. The van der Waals surface area contributed by atoms with Crippen LogP contribution >= 0.6 is 0 Å². The summed E-state index contributed by atoms with van der Waals surface area (Å²) >= 11 is 0. The lowest BCUT2D eigenvalue weighted by Gasteiger charge is -2.12. The fourth-order valence-electron chi connectivity index (χ4n) is 1.16. The van der Waals surface area contributed by atoms with Gasteiger partial charge < -0.3 is 19.9 Å². The summed E-state index contributed by atoms with van der Waals surface area (Å²) in [6, 6.07) is 2.83. The van der Waals surface area contributed by atoms with Crippen LogP contribution in [0.5, 0.6) is 5.75 Å². The molecule has 0 fully saturated rings. The summed E-state index contributed by atoms with van der Waals surface area (Å²) in [4.78, 5) is 10.7. The lowest BCUT2D eigenvalue weighted by Crippen LogP contribution is -2.30. The van der Waals surface area contributed by atoms with Crippen molar-refractivity contribution in [1.29, 1.82) is 0 Å². The normalized spacial score (nSPS) is 11.2. The van der Waals surface area contributed by atoms with Gasteiger partial charge in [0.2, 0.25) is 0 Å². The second-order valence-corrected chi connectivity index (χ2v) is 3.34. The van der Waals surface area contributed by atoms with E-state index in [1.807, 2.05) is 0 Å². The first-order valence-corrected chi connectivity index (χ1v) is 4.63. The molecule has 0 amide bonds. The summed E-state index contributed by atoms with van der Waals surface area (Å²) in [5, 5.41) is 26.4. The van der Waals surface area contributed by atoms with Gasteiger partial charge in [0, 0.05) is 0 Å². The van der Waals surface area contributed by atoms with E-state index >= 15 is 0 Å². The molecular formula is C9H8BF3O5. The average Bonchev–Trinajstić information content (AvgIpc) is 2.24. The zero-order chi connectivity index (χ0) is 13.9. The molecule has 1 aromatic carbocycles. The van der Waals surface area contributed by atoms with Crippen LogP contribution in [0.3, 0.4) is 0 Å². The molecule has 0 saturated heterocycles. The van der Waals surface area contributed by atoms with E-state index in [4.69, 9.17) is 15.2 Å². The number of rotatable bonds is 4. The molecule has 0 aliphatic heterocycles. The Balaban J connectivity index is 3.04. The van der Waals surface area contributed by atoms with Crippen molar-refractivity contribution in [3.8, 4) is 5.75 Å². The van der Waals surface area contributed by atoms with E-state index < -0.39 is 37.2 Å². The lowest BCUT2D eigenvalue weighted by atomic mass is 9.80. The number of halogens is 3. The Morgan fingerprint density at radius 3 is 2.39 bits per heavy atom. The van der Waals surface area contributed by atoms with Crippen molar-refractivity contribution in [1.82, 2.24) is 0 Å². The van der Waals surface area contributed by atoms with Crippen LogP contribution in [-0.4, -0.2) is 41.0 Å². The van der Waals surface area contributed by atoms with Crippen LogP contribution in [-0.2, 0) is 0 Å². The van der Waals surface area contributed by atoms with Crippen molar-refractivity contribution in [3.05, 3.63) is 23.8 Å². The van der Waals surface area contributed by atoms with Gasteiger partial charge in [-0.1, -0.05) is 6.07 Å². The molecule has 3 N–H and O–H groups in total. The van der Waals surface area contributed by atoms with E-state index in [1.54, 1.807) is 0 Å². The molecule has 0 bridgehead atoms. The number of hydrogen-bond acceptors (Lipinski definition) is 4. The molecule has 0 heterocycles. The van der Waals surface area contributed by atoms with Gasteiger partial charge in [0.25, 0.3) is 0 Å². The molecule has 5 nitrogen and oxygen atoms in total. The molecular weight excluding hydrogens is 256 g/mol. The average molecular weight is 264 g/mol. The Bertz CT molecular complexity index is 446. The second-order valence-electron chi connectivity index (χ2n) is 3.34. The molecule has 0 spiro atoms. The molecule has 98 valence electrons. The van der Waals surface area contributed by atoms with Crippen molar-refractivity contribution in [2.45, 2.75) is 6.18 Å². The van der Waals surface area contributed by atoms with Gasteiger partial charge in [0.05, 0.1) is 0 Å². The van der Waals surface area contributed by atoms with Crippen LogP contribution in [0.4, 0.5) is 13.2 Å². The maximum Gasteiger partial charge on any atom is 0.488 e. The number of hydrogen-bond donors (Lipinski definition) is 3. The number of carboxylic acids is 1. The second kappa shape index (κ2) is 5.28. The molecule has 0 saturated carbocycles. The lowest BCUT2D eigenvalue weighted by molar-refractivity contribution is -0.153. The van der Waals surface area contributed by atoms with Gasteiger partial charge in [-0.2, -0.15) is 13.2 Å². The van der Waals surface area contributed by atoms with Gasteiger partial charge in [-0.15, -0.1) is 0 Å². The van der Waals surface area contributed by atoms with Crippen LogP contribution < -0.4 is 10.2 Å². The first kappa shape index (κ1) is 14.3. The Morgan fingerprint density at radius 1 is 1.33 bits per heavy atom. The molecule has 0 aromatic heterocycles. The van der Waals surface area contributed by atoms with Crippen LogP contribution in [0.25, 0.3) is 0 Å². The summed E-state index contributed by atoms with van der Waals surface area (Å²) in [5.74, 6) is -2.06. The molecule has 0 radical (unpaired) electrons. The van der Waals surface area contributed by atoms with Crippen molar-refractivity contribution in [2.75, 3.05) is 6.61 Å². The van der Waals surface area contributed by atoms with E-state index in [1.165, 1.54) is 0 Å². The van der Waals surface area contributed by atoms with E-state index in [0.29, 0.717) is 0 Å². The zero-order valence-corrected chi connectivity index (χ0v) is 8.81. The van der Waals surface area contributed by atoms with Gasteiger partial charge in [-0.3, -0.25) is 0 Å². The summed E-state index contributed by atoms with van der Waals surface area (Å²) < 4.78 is 40.2. The molecule has 0 atom stereocenters. The smallest absolute Gasteiger partial charge is 0.483 e. The molecule has 0 unspecified atom stereocenters. The van der Waals surface area contributed by atoms with Crippen LogP contribution in [0.2, 0.25) is 0 Å².